The number of carbonyl (C=O) groups is 1. The average Bonchev–Trinajstić information content (AvgIpc) is 3.27. The molecule has 5 heteroatoms. The Morgan fingerprint density at radius 3 is 2.85 bits per heavy atom. The van der Waals surface area contributed by atoms with E-state index in [0.717, 1.165) is 23.9 Å². The molecule has 5 nitrogen and oxygen atoms in total. The van der Waals surface area contributed by atoms with Gasteiger partial charge in [-0.15, -0.1) is 0 Å². The normalized spacial score (nSPS) is 19.6. The van der Waals surface area contributed by atoms with Gasteiger partial charge >= 0.3 is 0 Å². The molecule has 0 saturated heterocycles. The molecule has 2 N–H and O–H groups in total. The molecule has 33 heavy (non-hydrogen) atoms. The van der Waals surface area contributed by atoms with Crippen molar-refractivity contribution in [2.45, 2.75) is 39.7 Å². The van der Waals surface area contributed by atoms with E-state index in [1.807, 2.05) is 19.9 Å². The van der Waals surface area contributed by atoms with Crippen molar-refractivity contribution in [2.24, 2.45) is 5.92 Å². The Hall–Kier alpha value is -3.05. The molecule has 4 rings (SSSR count). The van der Waals surface area contributed by atoms with E-state index >= 15 is 0 Å². The molecule has 0 spiro atoms. The minimum absolute atomic E-state index is 0.0876. The number of nitrogens with zero attached hydrogens (tertiary/aromatic N) is 1. The minimum atomic E-state index is -0.200. The number of ether oxygens (including phenoxy) is 1. The number of hydrogen-bond donors (Lipinski definition) is 2. The molecule has 176 valence electrons. The SMILES string of the molecule is C=C/C=C(/CN1CC(C(=O)NCCC)C=C2c3cccc4[nH]cc(c34)CC21)C(=C)OC.CC. The molecule has 2 aliphatic rings. The van der Waals surface area contributed by atoms with Crippen LogP contribution >= 0.6 is 0 Å². The van der Waals surface area contributed by atoms with Crippen LogP contribution in [0.25, 0.3) is 16.5 Å². The number of hydrogen-bond acceptors (Lipinski definition) is 3. The predicted octanol–water partition coefficient (Wildman–Crippen LogP) is 5.23. The number of methoxy groups -OCH3 is 1. The summed E-state index contributed by atoms with van der Waals surface area (Å²) in [5.41, 5.74) is 5.91. The van der Waals surface area contributed by atoms with Crippen LogP contribution in [0.1, 0.15) is 38.3 Å². The highest BCUT2D eigenvalue weighted by atomic mass is 16.5. The molecule has 0 radical (unpaired) electrons. The fourth-order valence-corrected chi connectivity index (χ4v) is 4.77. The quantitative estimate of drug-likeness (QED) is 0.430. The lowest BCUT2D eigenvalue weighted by Crippen LogP contribution is -2.49. The topological polar surface area (TPSA) is 57.4 Å². The molecule has 1 aromatic carbocycles. The van der Waals surface area contributed by atoms with Crippen LogP contribution in [0.5, 0.6) is 0 Å². The summed E-state index contributed by atoms with van der Waals surface area (Å²) in [6.45, 7) is 16.0. The summed E-state index contributed by atoms with van der Waals surface area (Å²) in [6, 6.07) is 6.57. The number of nitrogens with one attached hydrogen (secondary N) is 2. The number of allylic oxidation sites excluding steroid dienone is 2. The van der Waals surface area contributed by atoms with Crippen molar-refractivity contribution < 1.29 is 9.53 Å². The lowest BCUT2D eigenvalue weighted by molar-refractivity contribution is -0.124. The number of carbonyl (C=O) groups excluding carboxylic acids is 1. The lowest BCUT2D eigenvalue weighted by atomic mass is 9.79. The maximum absolute atomic E-state index is 13.0. The highest BCUT2D eigenvalue weighted by molar-refractivity contribution is 5.99. The third-order valence-corrected chi connectivity index (χ3v) is 6.31. The zero-order valence-corrected chi connectivity index (χ0v) is 20.4. The summed E-state index contributed by atoms with van der Waals surface area (Å²) in [4.78, 5) is 18.8. The van der Waals surface area contributed by atoms with Crippen LogP contribution < -0.4 is 5.32 Å². The second-order valence-electron chi connectivity index (χ2n) is 8.27. The van der Waals surface area contributed by atoms with Crippen LogP contribution in [-0.4, -0.2) is 48.6 Å². The summed E-state index contributed by atoms with van der Waals surface area (Å²) in [5.74, 6) is 0.516. The maximum Gasteiger partial charge on any atom is 0.228 e. The fourth-order valence-electron chi connectivity index (χ4n) is 4.77. The second kappa shape index (κ2) is 11.2. The molecule has 1 amide bonds. The summed E-state index contributed by atoms with van der Waals surface area (Å²) < 4.78 is 5.42. The Kier molecular flexibility index (Phi) is 8.34. The van der Waals surface area contributed by atoms with Crippen molar-refractivity contribution in [1.82, 2.24) is 15.2 Å². The van der Waals surface area contributed by atoms with Gasteiger partial charge in [0.05, 0.1) is 13.0 Å². The van der Waals surface area contributed by atoms with E-state index in [-0.39, 0.29) is 17.9 Å². The predicted molar refractivity (Wildman–Crippen MR) is 138 cm³/mol. The van der Waals surface area contributed by atoms with Crippen LogP contribution in [0.15, 0.2) is 67.1 Å². The van der Waals surface area contributed by atoms with Crippen molar-refractivity contribution >= 4 is 22.4 Å². The highest BCUT2D eigenvalue weighted by Crippen LogP contribution is 2.41. The third kappa shape index (κ3) is 4.98. The van der Waals surface area contributed by atoms with Gasteiger partial charge in [0, 0.05) is 48.3 Å². The zero-order chi connectivity index (χ0) is 24.0. The molecule has 2 aromatic rings. The van der Waals surface area contributed by atoms with E-state index in [9.17, 15) is 4.79 Å². The Morgan fingerprint density at radius 1 is 1.36 bits per heavy atom. The van der Waals surface area contributed by atoms with E-state index in [0.29, 0.717) is 25.4 Å². The lowest BCUT2D eigenvalue weighted by Gasteiger charge is -2.42. The monoisotopic (exact) mass is 447 g/mol. The first-order chi connectivity index (χ1) is 16.1. The van der Waals surface area contributed by atoms with Crippen molar-refractivity contribution in [1.29, 1.82) is 0 Å². The van der Waals surface area contributed by atoms with E-state index in [4.69, 9.17) is 4.74 Å². The highest BCUT2D eigenvalue weighted by Gasteiger charge is 2.37. The number of benzene rings is 1. The zero-order valence-electron chi connectivity index (χ0n) is 20.4. The van der Waals surface area contributed by atoms with Gasteiger partial charge in [-0.3, -0.25) is 9.69 Å². The number of aromatic amines is 1. The molecule has 1 aliphatic heterocycles. The van der Waals surface area contributed by atoms with Gasteiger partial charge in [0.1, 0.15) is 5.76 Å². The first-order valence-corrected chi connectivity index (χ1v) is 11.9. The van der Waals surface area contributed by atoms with Gasteiger partial charge in [-0.2, -0.15) is 0 Å². The standard InChI is InChI=1S/C26H31N3O2.C2H6/c1-5-8-18(17(3)31-4)15-29-16-20(26(30)27-11-6-2)12-22-21-9-7-10-23-25(21)19(14-28-23)13-24(22)29;1-2/h5,7-10,12,14,20,24,28H,1,3,6,11,13,15-16H2,2,4H3,(H,27,30);1-2H3/b18-8-;. The molecule has 1 aliphatic carbocycles. The second-order valence-corrected chi connectivity index (χ2v) is 8.27. The average molecular weight is 448 g/mol. The van der Waals surface area contributed by atoms with Gasteiger partial charge in [-0.1, -0.05) is 64.3 Å². The van der Waals surface area contributed by atoms with Crippen molar-refractivity contribution in [2.75, 3.05) is 26.7 Å². The third-order valence-electron chi connectivity index (χ3n) is 6.31. The van der Waals surface area contributed by atoms with Crippen LogP contribution in [-0.2, 0) is 16.0 Å². The van der Waals surface area contributed by atoms with Crippen molar-refractivity contribution in [3.8, 4) is 0 Å². The number of amides is 1. The maximum atomic E-state index is 13.0. The molecule has 2 unspecified atom stereocenters. The Bertz CT molecular complexity index is 1080. The molecule has 0 saturated carbocycles. The number of H-pyrrole nitrogens is 1. The van der Waals surface area contributed by atoms with Gasteiger partial charge in [-0.05, 0) is 35.6 Å². The van der Waals surface area contributed by atoms with Crippen LogP contribution in [0.3, 0.4) is 0 Å². The largest absolute Gasteiger partial charge is 0.497 e. The molecule has 0 bridgehead atoms. The number of fused-ring (bicyclic) bond motifs is 2. The van der Waals surface area contributed by atoms with Gasteiger partial charge in [0.15, 0.2) is 0 Å². The van der Waals surface area contributed by atoms with E-state index in [2.05, 4.69) is 65.8 Å². The van der Waals surface area contributed by atoms with Crippen molar-refractivity contribution in [3.05, 3.63) is 78.2 Å². The number of aromatic nitrogens is 1. The van der Waals surface area contributed by atoms with Crippen LogP contribution in [0.2, 0.25) is 0 Å². The molecule has 1 aromatic heterocycles. The van der Waals surface area contributed by atoms with E-state index < -0.39 is 0 Å². The molecular formula is C28H37N3O2. The van der Waals surface area contributed by atoms with Crippen molar-refractivity contribution in [3.63, 3.8) is 0 Å². The Labute approximate surface area is 197 Å². The molecule has 0 fully saturated rings. The summed E-state index contributed by atoms with van der Waals surface area (Å²) >= 11 is 0. The molecule has 2 heterocycles. The summed E-state index contributed by atoms with van der Waals surface area (Å²) in [7, 11) is 1.63. The minimum Gasteiger partial charge on any atom is -0.497 e. The van der Waals surface area contributed by atoms with E-state index in [1.165, 1.54) is 22.1 Å². The first kappa shape index (κ1) is 24.6. The Balaban J connectivity index is 0.00000149. The fraction of sp³-hybridized carbons (Fsp3) is 0.393. The van der Waals surface area contributed by atoms with Gasteiger partial charge < -0.3 is 15.0 Å². The van der Waals surface area contributed by atoms with Gasteiger partial charge in [0.25, 0.3) is 0 Å². The smallest absolute Gasteiger partial charge is 0.228 e. The first-order valence-electron chi connectivity index (χ1n) is 11.9. The number of rotatable bonds is 8. The summed E-state index contributed by atoms with van der Waals surface area (Å²) in [6.07, 6.45) is 9.86. The van der Waals surface area contributed by atoms with Gasteiger partial charge in [0.2, 0.25) is 5.91 Å². The van der Waals surface area contributed by atoms with E-state index in [1.54, 1.807) is 13.2 Å². The van der Waals surface area contributed by atoms with Crippen LogP contribution in [0, 0.1) is 5.92 Å². The Morgan fingerprint density at radius 2 is 2.15 bits per heavy atom. The van der Waals surface area contributed by atoms with Crippen LogP contribution in [0.4, 0.5) is 0 Å². The molecule has 2 atom stereocenters. The van der Waals surface area contributed by atoms with Gasteiger partial charge in [-0.25, -0.2) is 0 Å². The molecular weight excluding hydrogens is 410 g/mol. The summed E-state index contributed by atoms with van der Waals surface area (Å²) in [5, 5.41) is 4.36.